The van der Waals surface area contributed by atoms with Crippen LogP contribution in [0.3, 0.4) is 0 Å². The third kappa shape index (κ3) is 4.23. The highest BCUT2D eigenvalue weighted by atomic mass is 16.6. The molecule has 8 heteroatoms. The van der Waals surface area contributed by atoms with Crippen molar-refractivity contribution >= 4 is 28.6 Å². The van der Waals surface area contributed by atoms with Gasteiger partial charge in [-0.3, -0.25) is 14.7 Å². The lowest BCUT2D eigenvalue weighted by Gasteiger charge is -2.19. The normalized spacial score (nSPS) is 12.9. The number of aromatic nitrogens is 2. The summed E-state index contributed by atoms with van der Waals surface area (Å²) in [5.74, 6) is -0.244. The molecule has 1 aromatic carbocycles. The second-order valence-corrected chi connectivity index (χ2v) is 6.72. The number of fused-ring (bicyclic) bond motifs is 1. The molecule has 130 valence electrons. The number of benzene rings is 1. The quantitative estimate of drug-likeness (QED) is 0.790. The van der Waals surface area contributed by atoms with Gasteiger partial charge in [0, 0.05) is 18.2 Å². The maximum Gasteiger partial charge on any atom is 0.434 e. The first-order valence-electron chi connectivity index (χ1n) is 7.60. The van der Waals surface area contributed by atoms with Crippen LogP contribution in [-0.4, -0.2) is 33.4 Å². The minimum Gasteiger partial charge on any atom is -0.442 e. The molecule has 24 heavy (non-hydrogen) atoms. The Hall–Kier alpha value is -2.61. The largest absolute Gasteiger partial charge is 0.442 e. The highest BCUT2D eigenvalue weighted by Gasteiger charge is 2.21. The average molecular weight is 334 g/mol. The molecule has 0 spiro atoms. The predicted molar refractivity (Wildman–Crippen MR) is 91.1 cm³/mol. The van der Waals surface area contributed by atoms with E-state index in [2.05, 4.69) is 10.4 Å². The molecule has 0 saturated carbocycles. The lowest BCUT2D eigenvalue weighted by molar-refractivity contribution is -0.116. The molecule has 0 aliphatic heterocycles. The fourth-order valence-electron chi connectivity index (χ4n) is 2.16. The highest BCUT2D eigenvalue weighted by Crippen LogP contribution is 2.18. The van der Waals surface area contributed by atoms with E-state index in [4.69, 9.17) is 10.5 Å². The number of nitrogens with two attached hydrogens (primary N) is 1. The molecule has 2 aromatic rings. The van der Waals surface area contributed by atoms with Crippen LogP contribution in [0, 0.1) is 0 Å². The van der Waals surface area contributed by atoms with E-state index in [1.54, 1.807) is 33.8 Å². The topological polar surface area (TPSA) is 119 Å². The van der Waals surface area contributed by atoms with E-state index >= 15 is 0 Å². The SMILES string of the molecule is CC(N)CC(=O)Nc1ccc2c(=O)[nH]n(C(=O)OC(C)(C)C)c2c1. The van der Waals surface area contributed by atoms with E-state index in [0.717, 1.165) is 4.68 Å². The van der Waals surface area contributed by atoms with E-state index in [1.807, 2.05) is 0 Å². The standard InChI is InChI=1S/C16H22N4O4/c1-9(17)7-13(21)18-10-5-6-11-12(8-10)20(19-14(11)22)15(23)24-16(2,3)4/h5-6,8-9H,7,17H2,1-4H3,(H,18,21)(H,19,22). The Labute approximate surface area is 138 Å². The van der Waals surface area contributed by atoms with Crippen molar-refractivity contribution in [1.82, 2.24) is 9.78 Å². The van der Waals surface area contributed by atoms with Crippen LogP contribution >= 0.6 is 0 Å². The van der Waals surface area contributed by atoms with E-state index in [9.17, 15) is 14.4 Å². The number of carbonyl (C=O) groups is 2. The summed E-state index contributed by atoms with van der Waals surface area (Å²) in [7, 11) is 0. The van der Waals surface area contributed by atoms with Crippen LogP contribution in [-0.2, 0) is 9.53 Å². The van der Waals surface area contributed by atoms with Gasteiger partial charge in [0.1, 0.15) is 5.60 Å². The third-order valence-electron chi connectivity index (χ3n) is 3.06. The molecule has 2 rings (SSSR count). The van der Waals surface area contributed by atoms with Gasteiger partial charge in [0.2, 0.25) is 5.91 Å². The van der Waals surface area contributed by atoms with Gasteiger partial charge in [0.05, 0.1) is 10.9 Å². The van der Waals surface area contributed by atoms with Crippen LogP contribution < -0.4 is 16.6 Å². The lowest BCUT2D eigenvalue weighted by Crippen LogP contribution is -2.28. The Kier molecular flexibility index (Phi) is 4.79. The molecule has 4 N–H and O–H groups in total. The van der Waals surface area contributed by atoms with Crippen LogP contribution in [0.4, 0.5) is 10.5 Å². The fraction of sp³-hybridized carbons (Fsp3) is 0.438. The molecule has 8 nitrogen and oxygen atoms in total. The molecule has 1 heterocycles. The van der Waals surface area contributed by atoms with Crippen LogP contribution in [0.25, 0.3) is 10.9 Å². The predicted octanol–water partition coefficient (Wildman–Crippen LogP) is 1.79. The average Bonchev–Trinajstić information content (AvgIpc) is 2.73. The van der Waals surface area contributed by atoms with Gasteiger partial charge in [-0.25, -0.2) is 4.79 Å². The minimum atomic E-state index is -0.701. The number of nitrogens with one attached hydrogen (secondary N) is 2. The van der Waals surface area contributed by atoms with Gasteiger partial charge in [-0.1, -0.05) is 0 Å². The van der Waals surface area contributed by atoms with Gasteiger partial charge >= 0.3 is 6.09 Å². The van der Waals surface area contributed by atoms with Gasteiger partial charge in [-0.05, 0) is 45.9 Å². The molecule has 1 unspecified atom stereocenters. The molecule has 1 aromatic heterocycles. The zero-order valence-corrected chi connectivity index (χ0v) is 14.2. The van der Waals surface area contributed by atoms with Gasteiger partial charge < -0.3 is 15.8 Å². The first-order valence-corrected chi connectivity index (χ1v) is 7.60. The first kappa shape index (κ1) is 17.7. The summed E-state index contributed by atoms with van der Waals surface area (Å²) in [5, 5.41) is 5.46. The Morgan fingerprint density at radius 2 is 2.04 bits per heavy atom. The maximum atomic E-state index is 12.2. The summed E-state index contributed by atoms with van der Waals surface area (Å²) < 4.78 is 6.30. The van der Waals surface area contributed by atoms with E-state index in [0.29, 0.717) is 16.6 Å². The second kappa shape index (κ2) is 6.48. The molecule has 0 aliphatic carbocycles. The number of carbonyl (C=O) groups excluding carboxylic acids is 2. The highest BCUT2D eigenvalue weighted by molar-refractivity contribution is 5.95. The molecule has 0 radical (unpaired) electrons. The van der Waals surface area contributed by atoms with E-state index in [-0.39, 0.29) is 18.4 Å². The summed E-state index contributed by atoms with van der Waals surface area (Å²) in [5.41, 5.74) is 5.27. The molecule has 1 amide bonds. The Bertz CT molecular complexity index is 827. The second-order valence-electron chi connectivity index (χ2n) is 6.72. The summed E-state index contributed by atoms with van der Waals surface area (Å²) in [6, 6.07) is 4.41. The number of rotatable bonds is 3. The van der Waals surface area contributed by atoms with Gasteiger partial charge in [0.15, 0.2) is 0 Å². The van der Waals surface area contributed by atoms with E-state index in [1.165, 1.54) is 12.1 Å². The molecular weight excluding hydrogens is 312 g/mol. The number of aromatic amines is 1. The van der Waals surface area contributed by atoms with Crippen LogP contribution in [0.15, 0.2) is 23.0 Å². The summed E-state index contributed by atoms with van der Waals surface area (Å²) in [6.45, 7) is 6.92. The molecule has 0 aliphatic rings. The van der Waals surface area contributed by atoms with Crippen molar-refractivity contribution in [2.75, 3.05) is 5.32 Å². The number of amides is 1. The molecule has 1 atom stereocenters. The number of nitrogens with zero attached hydrogens (tertiary/aromatic N) is 1. The smallest absolute Gasteiger partial charge is 0.434 e. The van der Waals surface area contributed by atoms with Crippen molar-refractivity contribution in [2.24, 2.45) is 5.73 Å². The molecule has 0 saturated heterocycles. The molecule has 0 fully saturated rings. The monoisotopic (exact) mass is 334 g/mol. The number of hydrogen-bond donors (Lipinski definition) is 3. The summed E-state index contributed by atoms with van der Waals surface area (Å²) in [4.78, 5) is 36.0. The van der Waals surface area contributed by atoms with Crippen LogP contribution in [0.2, 0.25) is 0 Å². The van der Waals surface area contributed by atoms with Crippen molar-refractivity contribution in [1.29, 1.82) is 0 Å². The Morgan fingerprint density at radius 3 is 2.62 bits per heavy atom. The van der Waals surface area contributed by atoms with Crippen molar-refractivity contribution in [3.8, 4) is 0 Å². The molecule has 0 bridgehead atoms. The first-order chi connectivity index (χ1) is 11.1. The zero-order valence-electron chi connectivity index (χ0n) is 14.2. The Morgan fingerprint density at radius 1 is 1.38 bits per heavy atom. The van der Waals surface area contributed by atoms with Crippen LogP contribution in [0.1, 0.15) is 34.1 Å². The number of H-pyrrole nitrogens is 1. The summed E-state index contributed by atoms with van der Waals surface area (Å²) in [6.07, 6.45) is -0.530. The third-order valence-corrected chi connectivity index (χ3v) is 3.06. The van der Waals surface area contributed by atoms with Crippen LogP contribution in [0.5, 0.6) is 0 Å². The van der Waals surface area contributed by atoms with E-state index < -0.39 is 17.3 Å². The number of anilines is 1. The molecular formula is C16H22N4O4. The van der Waals surface area contributed by atoms with Crippen molar-refractivity contribution in [3.05, 3.63) is 28.6 Å². The van der Waals surface area contributed by atoms with Gasteiger partial charge in [0.25, 0.3) is 5.56 Å². The zero-order chi connectivity index (χ0) is 18.1. The maximum absolute atomic E-state index is 12.2. The lowest BCUT2D eigenvalue weighted by atomic mass is 10.2. The van der Waals surface area contributed by atoms with Crippen molar-refractivity contribution in [2.45, 2.75) is 45.8 Å². The summed E-state index contributed by atoms with van der Waals surface area (Å²) >= 11 is 0. The fourth-order valence-corrected chi connectivity index (χ4v) is 2.16. The van der Waals surface area contributed by atoms with Crippen molar-refractivity contribution < 1.29 is 14.3 Å². The Balaban J connectivity index is 2.37. The number of ether oxygens (including phenoxy) is 1. The van der Waals surface area contributed by atoms with Crippen molar-refractivity contribution in [3.63, 3.8) is 0 Å². The minimum absolute atomic E-state index is 0.171. The van der Waals surface area contributed by atoms with Gasteiger partial charge in [-0.2, -0.15) is 4.68 Å². The number of hydrogen-bond acceptors (Lipinski definition) is 5. The van der Waals surface area contributed by atoms with Gasteiger partial charge in [-0.15, -0.1) is 0 Å².